The van der Waals surface area contributed by atoms with Gasteiger partial charge in [-0.25, -0.2) is 4.39 Å². The van der Waals surface area contributed by atoms with E-state index in [2.05, 4.69) is 4.90 Å². The van der Waals surface area contributed by atoms with Crippen molar-refractivity contribution in [3.63, 3.8) is 0 Å². The Balaban J connectivity index is 1.42. The number of halogens is 1. The third-order valence-corrected chi connectivity index (χ3v) is 6.76. The Bertz CT molecular complexity index is 948. The summed E-state index contributed by atoms with van der Waals surface area (Å²) in [5.41, 5.74) is 2.68. The molecular weight excluding hydrogens is 395 g/mol. The zero-order valence-electron chi connectivity index (χ0n) is 18.2. The van der Waals surface area contributed by atoms with Crippen molar-refractivity contribution in [3.05, 3.63) is 65.0 Å². The maximum absolute atomic E-state index is 13.3. The zero-order valence-corrected chi connectivity index (χ0v) is 18.2. The highest BCUT2D eigenvalue weighted by Gasteiger charge is 2.33. The molecule has 4 rings (SSSR count). The summed E-state index contributed by atoms with van der Waals surface area (Å²) in [5, 5.41) is 22.0. The number of benzene rings is 2. The highest BCUT2D eigenvalue weighted by molar-refractivity contribution is 5.94. The minimum atomic E-state index is -0.965. The van der Waals surface area contributed by atoms with E-state index in [-0.39, 0.29) is 17.8 Å². The van der Waals surface area contributed by atoms with Crippen molar-refractivity contribution in [1.29, 1.82) is 0 Å². The van der Waals surface area contributed by atoms with E-state index in [1.54, 1.807) is 19.1 Å². The van der Waals surface area contributed by atoms with Crippen molar-refractivity contribution in [1.82, 2.24) is 4.90 Å². The maximum atomic E-state index is 13.3. The molecule has 1 amide bonds. The second kappa shape index (κ2) is 8.69. The monoisotopic (exact) mass is 426 g/mol. The fourth-order valence-corrected chi connectivity index (χ4v) is 5.09. The lowest BCUT2D eigenvalue weighted by Gasteiger charge is -2.28. The van der Waals surface area contributed by atoms with Gasteiger partial charge in [-0.2, -0.15) is 0 Å². The fourth-order valence-electron chi connectivity index (χ4n) is 5.09. The minimum Gasteiger partial charge on any atom is -0.387 e. The van der Waals surface area contributed by atoms with Crippen LogP contribution in [-0.2, 0) is 16.8 Å². The molecule has 1 fully saturated rings. The van der Waals surface area contributed by atoms with Crippen molar-refractivity contribution >= 4 is 11.6 Å². The number of fused-ring (bicyclic) bond motifs is 1. The number of aliphatic hydroxyl groups excluding tert-OH is 1. The molecule has 166 valence electrons. The van der Waals surface area contributed by atoms with Gasteiger partial charge in [-0.3, -0.25) is 4.79 Å². The standard InChI is InChI=1S/C25H31FN2O3/c1-17-14-20-15-19(4-9-23(20)28(17)18(2)29)24(30)16-27-12-3-10-25(31,11-13-27)21-5-7-22(26)8-6-21/h4-9,15,17,24,30-31H,3,10-14,16H2,1-2H3/t17-,24+,25-/m1/s1. The molecule has 1 saturated heterocycles. The van der Waals surface area contributed by atoms with Crippen LogP contribution in [0.15, 0.2) is 42.5 Å². The predicted octanol–water partition coefficient (Wildman–Crippen LogP) is 3.53. The van der Waals surface area contributed by atoms with E-state index in [9.17, 15) is 19.4 Å². The zero-order chi connectivity index (χ0) is 22.2. The number of anilines is 1. The third kappa shape index (κ3) is 4.52. The van der Waals surface area contributed by atoms with E-state index in [4.69, 9.17) is 0 Å². The Kier molecular flexibility index (Phi) is 6.15. The number of aliphatic hydroxyl groups is 2. The molecule has 0 unspecified atom stereocenters. The summed E-state index contributed by atoms with van der Waals surface area (Å²) >= 11 is 0. The lowest BCUT2D eigenvalue weighted by atomic mass is 9.87. The van der Waals surface area contributed by atoms with Crippen molar-refractivity contribution in [3.8, 4) is 0 Å². The van der Waals surface area contributed by atoms with Gasteiger partial charge in [0.2, 0.25) is 5.91 Å². The summed E-state index contributed by atoms with van der Waals surface area (Å²) in [4.78, 5) is 15.9. The summed E-state index contributed by atoms with van der Waals surface area (Å²) in [6, 6.07) is 12.1. The Morgan fingerprint density at radius 3 is 2.65 bits per heavy atom. The topological polar surface area (TPSA) is 64.0 Å². The summed E-state index contributed by atoms with van der Waals surface area (Å²) in [6.45, 7) is 5.56. The van der Waals surface area contributed by atoms with E-state index in [0.29, 0.717) is 25.9 Å². The van der Waals surface area contributed by atoms with Gasteiger partial charge in [-0.1, -0.05) is 24.3 Å². The van der Waals surface area contributed by atoms with Gasteiger partial charge in [-0.15, -0.1) is 0 Å². The summed E-state index contributed by atoms with van der Waals surface area (Å²) in [7, 11) is 0. The number of amides is 1. The van der Waals surface area contributed by atoms with Gasteiger partial charge in [0, 0.05) is 31.7 Å². The molecule has 2 aromatic carbocycles. The Hall–Kier alpha value is -2.28. The fraction of sp³-hybridized carbons (Fsp3) is 0.480. The molecule has 5 nitrogen and oxygen atoms in total. The number of β-amino-alcohol motifs (C(OH)–C–C–N with tert-alkyl or cyclic N) is 1. The number of hydrogen-bond donors (Lipinski definition) is 2. The van der Waals surface area contributed by atoms with E-state index in [0.717, 1.165) is 41.8 Å². The van der Waals surface area contributed by atoms with Gasteiger partial charge in [0.15, 0.2) is 0 Å². The molecular formula is C25H31FN2O3. The van der Waals surface area contributed by atoms with Crippen LogP contribution in [0.4, 0.5) is 10.1 Å². The third-order valence-electron chi connectivity index (χ3n) is 6.76. The smallest absolute Gasteiger partial charge is 0.224 e. The quantitative estimate of drug-likeness (QED) is 0.785. The lowest BCUT2D eigenvalue weighted by Crippen LogP contribution is -2.33. The van der Waals surface area contributed by atoms with Gasteiger partial charge >= 0.3 is 0 Å². The summed E-state index contributed by atoms with van der Waals surface area (Å²) in [5.74, 6) is -0.265. The average Bonchev–Trinajstić information content (AvgIpc) is 2.95. The first-order valence-corrected chi connectivity index (χ1v) is 11.1. The largest absolute Gasteiger partial charge is 0.387 e. The van der Waals surface area contributed by atoms with Crippen LogP contribution in [0, 0.1) is 5.82 Å². The molecule has 2 aliphatic rings. The first kappa shape index (κ1) is 21.9. The van der Waals surface area contributed by atoms with Crippen molar-refractivity contribution in [2.24, 2.45) is 0 Å². The van der Waals surface area contributed by atoms with Crippen LogP contribution < -0.4 is 4.90 Å². The van der Waals surface area contributed by atoms with Crippen molar-refractivity contribution in [2.75, 3.05) is 24.5 Å². The van der Waals surface area contributed by atoms with E-state index in [1.807, 2.05) is 30.0 Å². The molecule has 2 N–H and O–H groups in total. The van der Waals surface area contributed by atoms with Crippen LogP contribution in [0.3, 0.4) is 0 Å². The normalized spacial score (nSPS) is 25.2. The molecule has 2 aromatic rings. The highest BCUT2D eigenvalue weighted by Crippen LogP contribution is 2.35. The minimum absolute atomic E-state index is 0.0396. The predicted molar refractivity (Wildman–Crippen MR) is 118 cm³/mol. The number of hydrogen-bond acceptors (Lipinski definition) is 4. The average molecular weight is 427 g/mol. The van der Waals surface area contributed by atoms with E-state index >= 15 is 0 Å². The Labute approximate surface area is 183 Å². The Morgan fingerprint density at radius 1 is 1.19 bits per heavy atom. The molecule has 3 atom stereocenters. The van der Waals surface area contributed by atoms with Gasteiger partial charge in [0.05, 0.1) is 11.7 Å². The summed E-state index contributed by atoms with van der Waals surface area (Å²) in [6.07, 6.45) is 2.12. The molecule has 31 heavy (non-hydrogen) atoms. The number of carbonyl (C=O) groups excluding carboxylic acids is 1. The van der Waals surface area contributed by atoms with Crippen LogP contribution in [-0.4, -0.2) is 46.7 Å². The van der Waals surface area contributed by atoms with Gasteiger partial charge < -0.3 is 20.0 Å². The van der Waals surface area contributed by atoms with Gasteiger partial charge in [-0.05, 0) is 74.0 Å². The second-order valence-corrected chi connectivity index (χ2v) is 9.04. The molecule has 0 saturated carbocycles. The molecule has 2 aliphatic heterocycles. The number of carbonyl (C=O) groups is 1. The van der Waals surface area contributed by atoms with Gasteiger partial charge in [0.25, 0.3) is 0 Å². The van der Waals surface area contributed by atoms with Gasteiger partial charge in [0.1, 0.15) is 5.82 Å². The number of likely N-dealkylation sites (tertiary alicyclic amines) is 1. The first-order valence-electron chi connectivity index (χ1n) is 11.1. The second-order valence-electron chi connectivity index (χ2n) is 9.04. The van der Waals surface area contributed by atoms with E-state index < -0.39 is 11.7 Å². The molecule has 0 bridgehead atoms. The van der Waals surface area contributed by atoms with E-state index in [1.165, 1.54) is 12.1 Å². The molecule has 0 aliphatic carbocycles. The lowest BCUT2D eigenvalue weighted by molar-refractivity contribution is -0.116. The molecule has 0 spiro atoms. The SMILES string of the molecule is CC(=O)N1c2ccc([C@@H](O)CN3CCC[C@](O)(c4ccc(F)cc4)CC3)cc2C[C@H]1C. The van der Waals surface area contributed by atoms with Crippen LogP contribution in [0.2, 0.25) is 0 Å². The molecule has 2 heterocycles. The number of nitrogens with zero attached hydrogens (tertiary/aromatic N) is 2. The summed E-state index contributed by atoms with van der Waals surface area (Å²) < 4.78 is 13.3. The Morgan fingerprint density at radius 2 is 1.94 bits per heavy atom. The van der Waals surface area contributed by atoms with Crippen LogP contribution in [0.1, 0.15) is 55.9 Å². The van der Waals surface area contributed by atoms with Crippen molar-refractivity contribution in [2.45, 2.75) is 57.3 Å². The van der Waals surface area contributed by atoms with Crippen LogP contribution in [0.5, 0.6) is 0 Å². The maximum Gasteiger partial charge on any atom is 0.224 e. The molecule has 0 radical (unpaired) electrons. The van der Waals surface area contributed by atoms with Crippen molar-refractivity contribution < 1.29 is 19.4 Å². The molecule has 6 heteroatoms. The van der Waals surface area contributed by atoms with Crippen LogP contribution >= 0.6 is 0 Å². The first-order chi connectivity index (χ1) is 14.8. The highest BCUT2D eigenvalue weighted by atomic mass is 19.1. The van der Waals surface area contributed by atoms with Crippen LogP contribution in [0.25, 0.3) is 0 Å². The number of rotatable bonds is 4. The molecule has 0 aromatic heterocycles.